The molecule has 2 aromatic carbocycles. The number of hydrogen-bond acceptors (Lipinski definition) is 2. The van der Waals surface area contributed by atoms with Crippen LogP contribution in [-0.4, -0.2) is 6.61 Å². The van der Waals surface area contributed by atoms with Crippen LogP contribution < -0.4 is 10.1 Å². The molecule has 0 fully saturated rings. The Balaban J connectivity index is 2.14. The average molecular weight is 360 g/mol. The summed E-state index contributed by atoms with van der Waals surface area (Å²) in [5.41, 5.74) is 1.66. The topological polar surface area (TPSA) is 21.3 Å². The molecule has 0 aliphatic carbocycles. The molecule has 0 aromatic heterocycles. The minimum Gasteiger partial charge on any atom is -0.434 e. The van der Waals surface area contributed by atoms with Gasteiger partial charge in [0.1, 0.15) is 11.6 Å². The lowest BCUT2D eigenvalue weighted by molar-refractivity contribution is -0.0504. The second kappa shape index (κ2) is 6.85. The van der Waals surface area contributed by atoms with E-state index in [4.69, 9.17) is 0 Å². The molecule has 2 aromatic rings. The summed E-state index contributed by atoms with van der Waals surface area (Å²) in [6.45, 7) is -0.979. The summed E-state index contributed by atoms with van der Waals surface area (Å²) < 4.78 is 43.4. The highest BCUT2D eigenvalue weighted by Gasteiger charge is 2.10. The van der Waals surface area contributed by atoms with Gasteiger partial charge in [0, 0.05) is 22.3 Å². The van der Waals surface area contributed by atoms with Crippen LogP contribution >= 0.6 is 15.9 Å². The lowest BCUT2D eigenvalue weighted by atomic mass is 10.2. The molecule has 6 heteroatoms. The summed E-state index contributed by atoms with van der Waals surface area (Å²) in [4.78, 5) is 0. The molecule has 0 radical (unpaired) electrons. The highest BCUT2D eigenvalue weighted by molar-refractivity contribution is 9.10. The fourth-order valence-electron chi connectivity index (χ4n) is 1.80. The Kier molecular flexibility index (Phi) is 5.12. The quantitative estimate of drug-likeness (QED) is 0.800. The van der Waals surface area contributed by atoms with E-state index in [9.17, 15) is 13.2 Å². The molecule has 0 heterocycles. The Hall–Kier alpha value is -1.69. The number of anilines is 1. The number of aryl methyl sites for hydroxylation is 1. The predicted molar refractivity (Wildman–Crippen MR) is 79.2 cm³/mol. The highest BCUT2D eigenvalue weighted by Crippen LogP contribution is 2.26. The molecule has 112 valence electrons. The third-order valence-corrected chi connectivity index (χ3v) is 3.39. The molecule has 0 saturated heterocycles. The van der Waals surface area contributed by atoms with Crippen molar-refractivity contribution >= 4 is 21.6 Å². The van der Waals surface area contributed by atoms with Crippen LogP contribution in [0.2, 0.25) is 0 Å². The van der Waals surface area contributed by atoms with E-state index >= 15 is 0 Å². The van der Waals surface area contributed by atoms with Crippen LogP contribution in [0.3, 0.4) is 0 Å². The fourth-order valence-corrected chi connectivity index (χ4v) is 2.21. The van der Waals surface area contributed by atoms with Crippen molar-refractivity contribution in [2.24, 2.45) is 0 Å². The molecule has 0 unspecified atom stereocenters. The zero-order chi connectivity index (χ0) is 15.4. The first-order valence-electron chi connectivity index (χ1n) is 6.19. The molecule has 0 aliphatic rings. The van der Waals surface area contributed by atoms with E-state index in [-0.39, 0.29) is 18.1 Å². The summed E-state index contributed by atoms with van der Waals surface area (Å²) in [5.74, 6) is -0.230. The van der Waals surface area contributed by atoms with Gasteiger partial charge in [-0.25, -0.2) is 4.39 Å². The van der Waals surface area contributed by atoms with E-state index in [0.29, 0.717) is 16.8 Å². The van der Waals surface area contributed by atoms with E-state index in [1.807, 2.05) is 0 Å². The van der Waals surface area contributed by atoms with Crippen molar-refractivity contribution in [3.63, 3.8) is 0 Å². The average Bonchev–Trinajstić information content (AvgIpc) is 2.42. The minimum absolute atomic E-state index is 0.0910. The van der Waals surface area contributed by atoms with E-state index < -0.39 is 6.61 Å². The number of nitrogens with one attached hydrogen (secondary N) is 1. The number of hydrogen-bond donors (Lipinski definition) is 1. The molecule has 1 N–H and O–H groups in total. The SMILES string of the molecule is Cc1ccc(NCc2cc(Br)ccc2OC(F)F)cc1F. The maximum Gasteiger partial charge on any atom is 0.387 e. The van der Waals surface area contributed by atoms with Crippen molar-refractivity contribution in [2.45, 2.75) is 20.1 Å². The summed E-state index contributed by atoms with van der Waals surface area (Å²) in [5, 5.41) is 2.98. The van der Waals surface area contributed by atoms with Crippen molar-refractivity contribution < 1.29 is 17.9 Å². The van der Waals surface area contributed by atoms with Crippen LogP contribution in [-0.2, 0) is 6.54 Å². The lowest BCUT2D eigenvalue weighted by Crippen LogP contribution is -2.07. The van der Waals surface area contributed by atoms with Crippen LogP contribution in [0, 0.1) is 12.7 Å². The van der Waals surface area contributed by atoms with E-state index in [2.05, 4.69) is 26.0 Å². The molecule has 2 rings (SSSR count). The van der Waals surface area contributed by atoms with Gasteiger partial charge < -0.3 is 10.1 Å². The van der Waals surface area contributed by atoms with Gasteiger partial charge in [-0.3, -0.25) is 0 Å². The lowest BCUT2D eigenvalue weighted by Gasteiger charge is -2.13. The molecule has 2 nitrogen and oxygen atoms in total. The maximum atomic E-state index is 13.4. The Morgan fingerprint density at radius 2 is 1.95 bits per heavy atom. The second-order valence-corrected chi connectivity index (χ2v) is 5.36. The molecular weight excluding hydrogens is 347 g/mol. The van der Waals surface area contributed by atoms with E-state index in [0.717, 1.165) is 4.47 Å². The first-order valence-corrected chi connectivity index (χ1v) is 6.98. The molecule has 0 atom stereocenters. The van der Waals surface area contributed by atoms with Gasteiger partial charge in [-0.15, -0.1) is 0 Å². The van der Waals surface area contributed by atoms with E-state index in [1.165, 1.54) is 12.1 Å². The Morgan fingerprint density at radius 1 is 1.19 bits per heavy atom. The first-order chi connectivity index (χ1) is 9.95. The van der Waals surface area contributed by atoms with Crippen LogP contribution in [0.15, 0.2) is 40.9 Å². The van der Waals surface area contributed by atoms with Gasteiger partial charge in [0.05, 0.1) is 0 Å². The van der Waals surface area contributed by atoms with Gasteiger partial charge in [-0.05, 0) is 42.8 Å². The monoisotopic (exact) mass is 359 g/mol. The Labute approximate surface area is 129 Å². The molecule has 0 spiro atoms. The van der Waals surface area contributed by atoms with Crippen LogP contribution in [0.5, 0.6) is 5.75 Å². The number of benzene rings is 2. The molecule has 21 heavy (non-hydrogen) atoms. The van der Waals surface area contributed by atoms with Gasteiger partial charge in [-0.1, -0.05) is 22.0 Å². The van der Waals surface area contributed by atoms with Crippen LogP contribution in [0.25, 0.3) is 0 Å². The Bertz CT molecular complexity index is 634. The predicted octanol–water partition coefficient (Wildman–Crippen LogP) is 5.11. The number of ether oxygens (including phenoxy) is 1. The largest absolute Gasteiger partial charge is 0.434 e. The fraction of sp³-hybridized carbons (Fsp3) is 0.200. The van der Waals surface area contributed by atoms with Crippen molar-refractivity contribution in [1.29, 1.82) is 0 Å². The number of halogens is 4. The van der Waals surface area contributed by atoms with Crippen molar-refractivity contribution in [3.8, 4) is 5.75 Å². The van der Waals surface area contributed by atoms with Gasteiger partial charge in [0.25, 0.3) is 0 Å². The standard InChI is InChI=1S/C15H13BrF3NO/c1-9-2-4-12(7-13(9)17)20-8-10-6-11(16)3-5-14(10)21-15(18)19/h2-7,15,20H,8H2,1H3. The summed E-state index contributed by atoms with van der Waals surface area (Å²) in [6, 6.07) is 9.49. The Morgan fingerprint density at radius 3 is 2.62 bits per heavy atom. The third kappa shape index (κ3) is 4.39. The van der Waals surface area contributed by atoms with Crippen molar-refractivity contribution in [1.82, 2.24) is 0 Å². The zero-order valence-corrected chi connectivity index (χ0v) is 12.8. The van der Waals surface area contributed by atoms with Crippen LogP contribution in [0.1, 0.15) is 11.1 Å². The minimum atomic E-state index is -2.89. The van der Waals surface area contributed by atoms with Gasteiger partial charge in [-0.2, -0.15) is 8.78 Å². The van der Waals surface area contributed by atoms with Gasteiger partial charge in [0.15, 0.2) is 0 Å². The summed E-state index contributed by atoms with van der Waals surface area (Å²) in [6.07, 6.45) is 0. The van der Waals surface area contributed by atoms with E-state index in [1.54, 1.807) is 31.2 Å². The molecule has 0 aliphatic heterocycles. The third-order valence-electron chi connectivity index (χ3n) is 2.89. The molecule has 0 saturated carbocycles. The highest BCUT2D eigenvalue weighted by atomic mass is 79.9. The molecular formula is C15H13BrF3NO. The van der Waals surface area contributed by atoms with Gasteiger partial charge >= 0.3 is 6.61 Å². The normalized spacial score (nSPS) is 10.8. The summed E-state index contributed by atoms with van der Waals surface area (Å²) >= 11 is 3.28. The second-order valence-electron chi connectivity index (χ2n) is 4.45. The molecule has 0 amide bonds. The number of rotatable bonds is 5. The zero-order valence-electron chi connectivity index (χ0n) is 11.2. The molecule has 0 bridgehead atoms. The van der Waals surface area contributed by atoms with Crippen molar-refractivity contribution in [3.05, 3.63) is 57.8 Å². The smallest absolute Gasteiger partial charge is 0.387 e. The first kappa shape index (κ1) is 15.7. The maximum absolute atomic E-state index is 13.4. The van der Waals surface area contributed by atoms with Crippen molar-refractivity contribution in [2.75, 3.05) is 5.32 Å². The van der Waals surface area contributed by atoms with Gasteiger partial charge in [0.2, 0.25) is 0 Å². The van der Waals surface area contributed by atoms with Crippen LogP contribution in [0.4, 0.5) is 18.9 Å². The summed E-state index contributed by atoms with van der Waals surface area (Å²) in [7, 11) is 0. The number of alkyl halides is 2.